The molecule has 1 amide bonds. The van der Waals surface area contributed by atoms with Crippen molar-refractivity contribution in [2.45, 2.75) is 29.3 Å². The minimum absolute atomic E-state index is 0.0743. The van der Waals surface area contributed by atoms with Crippen LogP contribution in [0.2, 0.25) is 10.0 Å². The topological polar surface area (TPSA) is 88.0 Å². The number of carbonyl (C=O) groups is 1. The third-order valence-corrected chi connectivity index (χ3v) is 7.04. The van der Waals surface area contributed by atoms with Gasteiger partial charge in [0, 0.05) is 16.1 Å². The number of halogens is 5. The summed E-state index contributed by atoms with van der Waals surface area (Å²) in [6, 6.07) is 13.5. The van der Waals surface area contributed by atoms with Crippen LogP contribution in [0.3, 0.4) is 0 Å². The predicted octanol–water partition coefficient (Wildman–Crippen LogP) is 4.49. The summed E-state index contributed by atoms with van der Waals surface area (Å²) in [5.74, 6) is -5.92. The highest BCUT2D eigenvalue weighted by molar-refractivity contribution is 7.80. The van der Waals surface area contributed by atoms with Crippen molar-refractivity contribution in [3.05, 3.63) is 99.3 Å². The molecule has 37 heavy (non-hydrogen) atoms. The Kier molecular flexibility index (Phi) is 8.27. The molecule has 3 aromatic carbocycles. The molecule has 12 heteroatoms. The van der Waals surface area contributed by atoms with Crippen molar-refractivity contribution in [3.8, 4) is 5.75 Å². The van der Waals surface area contributed by atoms with Crippen LogP contribution < -0.4 is 10.1 Å². The molecule has 6 nitrogen and oxygen atoms in total. The van der Waals surface area contributed by atoms with Crippen LogP contribution >= 0.6 is 35.8 Å². The molecule has 1 aliphatic heterocycles. The summed E-state index contributed by atoms with van der Waals surface area (Å²) in [6.07, 6.45) is -4.31. The number of para-hydroxylation sites is 1. The van der Waals surface area contributed by atoms with Gasteiger partial charge in [0.2, 0.25) is 0 Å². The first-order valence-corrected chi connectivity index (χ1v) is 12.1. The second kappa shape index (κ2) is 11.1. The Labute approximate surface area is 225 Å². The van der Waals surface area contributed by atoms with Gasteiger partial charge in [-0.05, 0) is 30.3 Å². The Bertz CT molecular complexity index is 1300. The Morgan fingerprint density at radius 2 is 1.65 bits per heavy atom. The van der Waals surface area contributed by atoms with Crippen molar-refractivity contribution in [3.63, 3.8) is 0 Å². The summed E-state index contributed by atoms with van der Waals surface area (Å²) in [5, 5.41) is 24.5. The number of aliphatic hydroxyl groups excluding tert-OH is 2. The average Bonchev–Trinajstić information content (AvgIpc) is 2.87. The van der Waals surface area contributed by atoms with E-state index >= 15 is 0 Å². The van der Waals surface area contributed by atoms with Gasteiger partial charge in [-0.25, -0.2) is 13.2 Å². The van der Waals surface area contributed by atoms with E-state index in [4.69, 9.17) is 32.7 Å². The van der Waals surface area contributed by atoms with Crippen LogP contribution in [0.1, 0.15) is 15.9 Å². The van der Waals surface area contributed by atoms with E-state index in [1.54, 1.807) is 24.3 Å². The number of amides is 1. The van der Waals surface area contributed by atoms with Gasteiger partial charge in [0.1, 0.15) is 28.9 Å². The van der Waals surface area contributed by atoms with Gasteiger partial charge in [-0.3, -0.25) is 4.79 Å². The van der Waals surface area contributed by atoms with Gasteiger partial charge < -0.3 is 25.0 Å². The lowest BCUT2D eigenvalue weighted by Crippen LogP contribution is -2.72. The Balaban J connectivity index is 1.93. The maximum atomic E-state index is 14.0. The molecule has 0 bridgehead atoms. The quantitative estimate of drug-likeness (QED) is 0.258. The zero-order valence-electron chi connectivity index (χ0n) is 18.7. The zero-order chi connectivity index (χ0) is 26.9. The molecule has 5 atom stereocenters. The molecule has 0 saturated carbocycles. The summed E-state index contributed by atoms with van der Waals surface area (Å²) in [7, 11) is 0. The molecular weight excluding hydrogens is 554 g/mol. The highest BCUT2D eigenvalue weighted by Crippen LogP contribution is 2.44. The number of ether oxygens (including phenoxy) is 2. The summed E-state index contributed by atoms with van der Waals surface area (Å²) in [6.45, 7) is -0.652. The maximum Gasteiger partial charge on any atom is 0.252 e. The lowest BCUT2D eigenvalue weighted by molar-refractivity contribution is -0.192. The largest absolute Gasteiger partial charge is 0.483 e. The first-order valence-electron chi connectivity index (χ1n) is 10.9. The van der Waals surface area contributed by atoms with Crippen LogP contribution in [-0.2, 0) is 10.3 Å². The first-order chi connectivity index (χ1) is 17.6. The fraction of sp³-hybridized carbons (Fsp3) is 0.240. The fourth-order valence-corrected chi connectivity index (χ4v) is 5.13. The van der Waals surface area contributed by atoms with Crippen molar-refractivity contribution < 1.29 is 37.7 Å². The molecule has 0 aromatic heterocycles. The number of rotatable bonds is 6. The molecule has 0 radical (unpaired) electrons. The molecule has 1 aliphatic rings. The van der Waals surface area contributed by atoms with Crippen molar-refractivity contribution in [1.29, 1.82) is 0 Å². The number of carbonyl (C=O) groups excluding carboxylic acids is 1. The van der Waals surface area contributed by atoms with Gasteiger partial charge in [0.05, 0.1) is 11.6 Å². The Morgan fingerprint density at radius 1 is 1.05 bits per heavy atom. The monoisotopic (exact) mass is 573 g/mol. The Morgan fingerprint density at radius 3 is 2.24 bits per heavy atom. The van der Waals surface area contributed by atoms with Crippen LogP contribution in [-0.4, -0.2) is 46.5 Å². The molecular formula is C25H20Cl2F3NO5S. The summed E-state index contributed by atoms with van der Waals surface area (Å²) in [4.78, 5) is 13.4. The second-order valence-corrected chi connectivity index (χ2v) is 9.54. The SMILES string of the molecule is O=C(N[C@]1(c2ccccc2Cl)[C@@H](O)[C@@H](S)O[C@H](CO)[C@@H]1Oc1ccccc1Cl)c1cc(F)c(F)c(F)c1. The maximum absolute atomic E-state index is 14.0. The number of benzene rings is 3. The number of nitrogens with one attached hydrogen (secondary N) is 1. The van der Waals surface area contributed by atoms with Crippen LogP contribution in [0.4, 0.5) is 13.2 Å². The highest BCUT2D eigenvalue weighted by atomic mass is 35.5. The van der Waals surface area contributed by atoms with Crippen LogP contribution in [0.5, 0.6) is 5.75 Å². The van der Waals surface area contributed by atoms with Gasteiger partial charge in [-0.15, -0.1) is 12.6 Å². The number of aliphatic hydroxyl groups is 2. The summed E-state index contributed by atoms with van der Waals surface area (Å²) < 4.78 is 53.3. The molecule has 0 unspecified atom stereocenters. The van der Waals surface area contributed by atoms with E-state index in [-0.39, 0.29) is 21.4 Å². The lowest BCUT2D eigenvalue weighted by atomic mass is 9.75. The molecule has 0 aliphatic carbocycles. The standard InChI is InChI=1S/C25H20Cl2F3NO5S/c26-14-6-2-1-5-13(14)25(31-23(34)12-9-16(28)20(30)17(29)10-12)21(33)24(37)36-19(11-32)22(25)35-18-8-4-3-7-15(18)27/h1-10,19,21-22,24,32-33,37H,11H2,(H,31,34)/t19-,21+,22+,24-,25-/m1/s1. The molecule has 0 spiro atoms. The van der Waals surface area contributed by atoms with E-state index in [0.29, 0.717) is 12.1 Å². The van der Waals surface area contributed by atoms with E-state index in [2.05, 4.69) is 17.9 Å². The van der Waals surface area contributed by atoms with Crippen LogP contribution in [0.15, 0.2) is 60.7 Å². The van der Waals surface area contributed by atoms with E-state index in [0.717, 1.165) is 0 Å². The van der Waals surface area contributed by atoms with E-state index in [1.165, 1.54) is 24.3 Å². The molecule has 3 aromatic rings. The smallest absolute Gasteiger partial charge is 0.252 e. The van der Waals surface area contributed by atoms with Crippen molar-refractivity contribution in [2.24, 2.45) is 0 Å². The van der Waals surface area contributed by atoms with E-state index in [1.807, 2.05) is 0 Å². The van der Waals surface area contributed by atoms with Gasteiger partial charge >= 0.3 is 0 Å². The van der Waals surface area contributed by atoms with Gasteiger partial charge in [-0.1, -0.05) is 53.5 Å². The summed E-state index contributed by atoms with van der Waals surface area (Å²) >= 11 is 17.1. The second-order valence-electron chi connectivity index (χ2n) is 8.22. The van der Waals surface area contributed by atoms with Gasteiger partial charge in [0.25, 0.3) is 5.91 Å². The molecule has 1 heterocycles. The van der Waals surface area contributed by atoms with Crippen molar-refractivity contribution >= 4 is 41.7 Å². The number of hydrogen-bond acceptors (Lipinski definition) is 6. The molecule has 196 valence electrons. The Hall–Kier alpha value is -2.47. The van der Waals surface area contributed by atoms with Crippen molar-refractivity contribution in [1.82, 2.24) is 5.32 Å². The van der Waals surface area contributed by atoms with Crippen LogP contribution in [0, 0.1) is 17.5 Å². The lowest BCUT2D eigenvalue weighted by Gasteiger charge is -2.52. The third-order valence-electron chi connectivity index (χ3n) is 5.99. The normalized spacial score (nSPS) is 25.5. The third kappa shape index (κ3) is 5.14. The minimum Gasteiger partial charge on any atom is -0.483 e. The zero-order valence-corrected chi connectivity index (χ0v) is 21.2. The molecule has 3 N–H and O–H groups in total. The van der Waals surface area contributed by atoms with E-state index < -0.39 is 64.8 Å². The van der Waals surface area contributed by atoms with E-state index in [9.17, 15) is 28.2 Å². The predicted molar refractivity (Wildman–Crippen MR) is 134 cm³/mol. The van der Waals surface area contributed by atoms with Gasteiger partial charge in [-0.2, -0.15) is 0 Å². The van der Waals surface area contributed by atoms with Crippen molar-refractivity contribution in [2.75, 3.05) is 6.61 Å². The van der Waals surface area contributed by atoms with Gasteiger partial charge in [0.15, 0.2) is 23.6 Å². The first kappa shape index (κ1) is 27.6. The molecule has 1 fully saturated rings. The number of hydrogen-bond donors (Lipinski definition) is 4. The number of thiol groups is 1. The highest BCUT2D eigenvalue weighted by Gasteiger charge is 2.59. The van der Waals surface area contributed by atoms with Crippen LogP contribution in [0.25, 0.3) is 0 Å². The fourth-order valence-electron chi connectivity index (χ4n) is 4.26. The average molecular weight is 574 g/mol. The molecule has 4 rings (SSSR count). The molecule has 1 saturated heterocycles. The minimum atomic E-state index is -2.02. The summed E-state index contributed by atoms with van der Waals surface area (Å²) in [5.41, 5.74) is -3.78.